The fourth-order valence-corrected chi connectivity index (χ4v) is 7.05. The summed E-state index contributed by atoms with van der Waals surface area (Å²) in [4.78, 5) is 25.3. The van der Waals surface area contributed by atoms with Crippen LogP contribution in [0.15, 0.2) is 24.3 Å². The van der Waals surface area contributed by atoms with Crippen LogP contribution in [0.25, 0.3) is 0 Å². The first kappa shape index (κ1) is 52.0. The Bertz CT molecular complexity index is 922. The van der Waals surface area contributed by atoms with E-state index in [9.17, 15) is 19.4 Å². The SMILES string of the molecule is CCCCCCCC/C=C\CCCCCCCCCC(=O)NC(COP(=O)([O-])OCC[N+](C)(C)C)C(O)/C=C/CCCCCCCCCCCCCC. The van der Waals surface area contributed by atoms with Crippen LogP contribution in [0, 0.1) is 0 Å². The number of hydrogen-bond donors (Lipinski definition) is 2. The Labute approximate surface area is 328 Å². The number of aliphatic hydroxyl groups is 1. The summed E-state index contributed by atoms with van der Waals surface area (Å²) in [5, 5.41) is 13.8. The lowest BCUT2D eigenvalue weighted by molar-refractivity contribution is -0.870. The van der Waals surface area contributed by atoms with Crippen molar-refractivity contribution < 1.29 is 32.9 Å². The number of rotatable bonds is 40. The van der Waals surface area contributed by atoms with Gasteiger partial charge in [-0.15, -0.1) is 0 Å². The van der Waals surface area contributed by atoms with E-state index in [-0.39, 0.29) is 19.1 Å². The summed E-state index contributed by atoms with van der Waals surface area (Å²) >= 11 is 0. The highest BCUT2D eigenvalue weighted by Gasteiger charge is 2.23. The first-order chi connectivity index (χ1) is 25.5. The second-order valence-electron chi connectivity index (χ2n) is 16.4. The molecule has 0 aromatic rings. The third kappa shape index (κ3) is 39.0. The third-order valence-electron chi connectivity index (χ3n) is 9.91. The summed E-state index contributed by atoms with van der Waals surface area (Å²) in [5.74, 6) is -0.202. The number of amides is 1. The van der Waals surface area contributed by atoms with Gasteiger partial charge >= 0.3 is 0 Å². The van der Waals surface area contributed by atoms with Crippen molar-refractivity contribution in [3.05, 3.63) is 24.3 Å². The van der Waals surface area contributed by atoms with Gasteiger partial charge in [0.2, 0.25) is 5.91 Å². The van der Waals surface area contributed by atoms with Gasteiger partial charge in [-0.3, -0.25) is 9.36 Å². The minimum absolute atomic E-state index is 0.000829. The summed E-state index contributed by atoms with van der Waals surface area (Å²) < 4.78 is 23.2. The maximum absolute atomic E-state index is 12.8. The number of unbranched alkanes of at least 4 members (excludes halogenated alkanes) is 25. The number of quaternary nitrogens is 1. The third-order valence-corrected chi connectivity index (χ3v) is 10.9. The second-order valence-corrected chi connectivity index (χ2v) is 17.8. The first-order valence-electron chi connectivity index (χ1n) is 22.2. The van der Waals surface area contributed by atoms with E-state index in [1.165, 1.54) is 141 Å². The molecule has 0 fully saturated rings. The smallest absolute Gasteiger partial charge is 0.268 e. The number of carbonyl (C=O) groups excluding carboxylic acids is 1. The van der Waals surface area contributed by atoms with Crippen molar-refractivity contribution in [3.63, 3.8) is 0 Å². The molecule has 0 aromatic carbocycles. The zero-order valence-corrected chi connectivity index (χ0v) is 36.4. The van der Waals surface area contributed by atoms with Gasteiger partial charge in [-0.25, -0.2) is 0 Å². The standard InChI is InChI=1S/C44H87N2O6P/c1-6-8-10-12-14-16-18-20-22-23-24-26-28-30-32-34-36-38-44(48)45-42(41-52-53(49,50)51-40-39-46(3,4)5)43(47)37-35-33-31-29-27-25-21-19-17-15-13-11-9-7-2/h20,22,35,37,42-43,47H,6-19,21,23-34,36,38-41H2,1-5H3,(H-,45,48,49,50)/b22-20-,37-35+. The van der Waals surface area contributed by atoms with Crippen LogP contribution in [0.2, 0.25) is 0 Å². The molecule has 3 atom stereocenters. The molecule has 1 amide bonds. The van der Waals surface area contributed by atoms with Crippen LogP contribution in [0.4, 0.5) is 0 Å². The van der Waals surface area contributed by atoms with Gasteiger partial charge in [-0.1, -0.05) is 173 Å². The molecule has 0 heterocycles. The number of allylic oxidation sites excluding steroid dienone is 3. The van der Waals surface area contributed by atoms with E-state index in [1.54, 1.807) is 6.08 Å². The second kappa shape index (κ2) is 36.6. The number of nitrogens with zero attached hydrogens (tertiary/aromatic N) is 1. The highest BCUT2D eigenvalue weighted by Crippen LogP contribution is 2.38. The fraction of sp³-hybridized carbons (Fsp3) is 0.886. The van der Waals surface area contributed by atoms with Crippen LogP contribution in [0.3, 0.4) is 0 Å². The number of phosphoric acid groups is 1. The Hall–Kier alpha value is -1.02. The quantitative estimate of drug-likeness (QED) is 0.0278. The molecule has 0 aliphatic heterocycles. The maximum atomic E-state index is 12.8. The molecule has 0 spiro atoms. The first-order valence-corrected chi connectivity index (χ1v) is 23.7. The number of aliphatic hydroxyl groups excluding tert-OH is 1. The van der Waals surface area contributed by atoms with E-state index in [0.717, 1.165) is 38.5 Å². The number of hydrogen-bond acceptors (Lipinski definition) is 6. The normalized spacial score (nSPS) is 14.6. The van der Waals surface area contributed by atoms with E-state index in [4.69, 9.17) is 9.05 Å². The lowest BCUT2D eigenvalue weighted by atomic mass is 10.0. The summed E-state index contributed by atoms with van der Waals surface area (Å²) in [7, 11) is 1.26. The average molecular weight is 771 g/mol. The van der Waals surface area contributed by atoms with Gasteiger partial charge in [-0.05, 0) is 44.9 Å². The van der Waals surface area contributed by atoms with Gasteiger partial charge < -0.3 is 28.8 Å². The Morgan fingerprint density at radius 2 is 1.04 bits per heavy atom. The van der Waals surface area contributed by atoms with Crippen molar-refractivity contribution in [1.82, 2.24) is 5.32 Å². The molecule has 9 heteroatoms. The molecule has 0 rings (SSSR count). The minimum atomic E-state index is -4.58. The molecule has 0 saturated carbocycles. The van der Waals surface area contributed by atoms with Crippen LogP contribution in [0.5, 0.6) is 0 Å². The zero-order valence-electron chi connectivity index (χ0n) is 35.5. The molecule has 0 aromatic heterocycles. The predicted octanol–water partition coefficient (Wildman–Crippen LogP) is 11.5. The highest BCUT2D eigenvalue weighted by molar-refractivity contribution is 7.45. The van der Waals surface area contributed by atoms with Crippen LogP contribution in [-0.2, 0) is 18.4 Å². The van der Waals surface area contributed by atoms with E-state index < -0.39 is 20.0 Å². The number of carbonyl (C=O) groups is 1. The molecule has 0 bridgehead atoms. The molecule has 3 unspecified atom stereocenters. The molecular formula is C44H87N2O6P. The summed E-state index contributed by atoms with van der Waals surface area (Å²) in [6.45, 7) is 4.64. The molecule has 314 valence electrons. The maximum Gasteiger partial charge on any atom is 0.268 e. The fourth-order valence-electron chi connectivity index (χ4n) is 6.32. The summed E-state index contributed by atoms with van der Waals surface area (Å²) in [6, 6.07) is -0.884. The van der Waals surface area contributed by atoms with Crippen molar-refractivity contribution >= 4 is 13.7 Å². The van der Waals surface area contributed by atoms with Gasteiger partial charge in [0.05, 0.1) is 39.9 Å². The van der Waals surface area contributed by atoms with Crippen LogP contribution < -0.4 is 10.2 Å². The molecule has 8 nitrogen and oxygen atoms in total. The molecule has 2 N–H and O–H groups in total. The number of likely N-dealkylation sites (N-methyl/N-ethyl adjacent to an activating group) is 1. The predicted molar refractivity (Wildman–Crippen MR) is 224 cm³/mol. The molecule has 0 aliphatic carbocycles. The van der Waals surface area contributed by atoms with E-state index in [2.05, 4.69) is 31.3 Å². The molecular weight excluding hydrogens is 683 g/mol. The monoisotopic (exact) mass is 771 g/mol. The molecule has 0 radical (unpaired) electrons. The Morgan fingerprint density at radius 3 is 1.47 bits per heavy atom. The number of nitrogens with one attached hydrogen (secondary N) is 1. The van der Waals surface area contributed by atoms with E-state index >= 15 is 0 Å². The van der Waals surface area contributed by atoms with Crippen molar-refractivity contribution in [3.8, 4) is 0 Å². The number of phosphoric ester groups is 1. The van der Waals surface area contributed by atoms with Crippen molar-refractivity contribution in [2.45, 2.75) is 212 Å². The van der Waals surface area contributed by atoms with Gasteiger partial charge in [0.15, 0.2) is 0 Å². The van der Waals surface area contributed by atoms with Gasteiger partial charge in [0.25, 0.3) is 7.82 Å². The lowest BCUT2D eigenvalue weighted by Gasteiger charge is -2.29. The largest absolute Gasteiger partial charge is 0.756 e. The van der Waals surface area contributed by atoms with Crippen LogP contribution in [-0.4, -0.2) is 68.5 Å². The van der Waals surface area contributed by atoms with E-state index in [1.807, 2.05) is 27.2 Å². The Morgan fingerprint density at radius 1 is 0.642 bits per heavy atom. The molecule has 0 aliphatic rings. The van der Waals surface area contributed by atoms with Gasteiger partial charge in [0.1, 0.15) is 13.2 Å². The van der Waals surface area contributed by atoms with Gasteiger partial charge in [0, 0.05) is 6.42 Å². The van der Waals surface area contributed by atoms with Crippen LogP contribution in [0.1, 0.15) is 200 Å². The molecule has 0 saturated heterocycles. The Balaban J connectivity index is 4.42. The van der Waals surface area contributed by atoms with Crippen molar-refractivity contribution in [2.75, 3.05) is 40.9 Å². The average Bonchev–Trinajstić information content (AvgIpc) is 3.10. The molecule has 53 heavy (non-hydrogen) atoms. The summed E-state index contributed by atoms with van der Waals surface area (Å²) in [5.41, 5.74) is 0. The van der Waals surface area contributed by atoms with Crippen molar-refractivity contribution in [2.24, 2.45) is 0 Å². The van der Waals surface area contributed by atoms with Crippen LogP contribution >= 0.6 is 7.82 Å². The highest BCUT2D eigenvalue weighted by atomic mass is 31.2. The Kier molecular flexibility index (Phi) is 35.9. The minimum Gasteiger partial charge on any atom is -0.756 e. The van der Waals surface area contributed by atoms with E-state index in [0.29, 0.717) is 17.4 Å². The zero-order chi connectivity index (χ0) is 39.3. The topological polar surface area (TPSA) is 108 Å². The van der Waals surface area contributed by atoms with Gasteiger partial charge in [-0.2, -0.15) is 0 Å². The summed E-state index contributed by atoms with van der Waals surface area (Å²) in [6.07, 6.45) is 42.1. The van der Waals surface area contributed by atoms with Crippen molar-refractivity contribution in [1.29, 1.82) is 0 Å². The lowest BCUT2D eigenvalue weighted by Crippen LogP contribution is -2.45.